The van der Waals surface area contributed by atoms with Crippen molar-refractivity contribution in [3.05, 3.63) is 17.5 Å². The van der Waals surface area contributed by atoms with Crippen LogP contribution >= 0.6 is 0 Å². The van der Waals surface area contributed by atoms with Crippen molar-refractivity contribution in [3.63, 3.8) is 0 Å². The van der Waals surface area contributed by atoms with Gasteiger partial charge in [-0.05, 0) is 6.42 Å². The lowest BCUT2D eigenvalue weighted by molar-refractivity contribution is -0.143. The highest BCUT2D eigenvalue weighted by molar-refractivity contribution is 5.76. The first kappa shape index (κ1) is 15.8. The topological polar surface area (TPSA) is 67.6 Å². The number of hydrogen-bond donors (Lipinski definition) is 1. The van der Waals surface area contributed by atoms with Crippen LogP contribution in [0, 0.1) is 0 Å². The van der Waals surface area contributed by atoms with Crippen LogP contribution in [0.25, 0.3) is 0 Å². The van der Waals surface area contributed by atoms with Crippen molar-refractivity contribution in [1.29, 1.82) is 0 Å². The molecule has 118 valence electrons. The van der Waals surface area contributed by atoms with Crippen LogP contribution in [0.4, 0.5) is 13.2 Å². The third-order valence-corrected chi connectivity index (χ3v) is 3.15. The van der Waals surface area contributed by atoms with E-state index in [4.69, 9.17) is 9.84 Å². The van der Waals surface area contributed by atoms with E-state index in [-0.39, 0.29) is 24.4 Å². The van der Waals surface area contributed by atoms with Gasteiger partial charge in [-0.1, -0.05) is 0 Å². The highest BCUT2D eigenvalue weighted by Crippen LogP contribution is 2.30. The molecule has 0 saturated carbocycles. The number of alkyl halides is 3. The number of morpholine rings is 1. The zero-order valence-corrected chi connectivity index (χ0v) is 11.3. The molecule has 2 rings (SSSR count). The van der Waals surface area contributed by atoms with Crippen molar-refractivity contribution in [2.75, 3.05) is 32.9 Å². The van der Waals surface area contributed by atoms with Crippen molar-refractivity contribution in [3.8, 4) is 0 Å². The summed E-state index contributed by atoms with van der Waals surface area (Å²) in [5, 5.41) is 12.2. The molecule has 0 aromatic carbocycles. The summed E-state index contributed by atoms with van der Waals surface area (Å²) in [6, 6.07) is 0. The van der Waals surface area contributed by atoms with Gasteiger partial charge in [0.05, 0.1) is 13.2 Å². The molecule has 1 fully saturated rings. The van der Waals surface area contributed by atoms with E-state index in [9.17, 15) is 18.0 Å². The zero-order chi connectivity index (χ0) is 15.5. The molecule has 0 unspecified atom stereocenters. The number of hydrogen-bond acceptors (Lipinski definition) is 4. The Labute approximate surface area is 119 Å². The zero-order valence-electron chi connectivity index (χ0n) is 11.3. The standard InChI is InChI=1S/C12H16F3N3O3/c13-12(14,15)11-9(1-4-19)7-18(16-11)8-10(20)17-2-5-21-6-3-17/h7,19H,1-6,8H2. The van der Waals surface area contributed by atoms with Crippen molar-refractivity contribution in [2.24, 2.45) is 0 Å². The lowest BCUT2D eigenvalue weighted by Gasteiger charge is -2.26. The SMILES string of the molecule is O=C(Cn1cc(CCO)c(C(F)(F)F)n1)N1CCOCC1. The van der Waals surface area contributed by atoms with Gasteiger partial charge in [-0.15, -0.1) is 0 Å². The highest BCUT2D eigenvalue weighted by Gasteiger charge is 2.37. The van der Waals surface area contributed by atoms with Crippen LogP contribution in [-0.2, 0) is 28.7 Å². The Morgan fingerprint density at radius 2 is 2.05 bits per heavy atom. The Balaban J connectivity index is 2.11. The van der Waals surface area contributed by atoms with E-state index >= 15 is 0 Å². The maximum Gasteiger partial charge on any atom is 0.435 e. The summed E-state index contributed by atoms with van der Waals surface area (Å²) in [7, 11) is 0. The van der Waals surface area contributed by atoms with Gasteiger partial charge in [0.2, 0.25) is 5.91 Å². The molecule has 1 N–H and O–H groups in total. The molecule has 0 spiro atoms. The number of nitrogens with zero attached hydrogens (tertiary/aromatic N) is 3. The molecule has 1 aromatic rings. The minimum absolute atomic E-state index is 0.111. The molecular weight excluding hydrogens is 291 g/mol. The predicted molar refractivity (Wildman–Crippen MR) is 65.4 cm³/mol. The number of carbonyl (C=O) groups excluding carboxylic acids is 1. The number of carbonyl (C=O) groups is 1. The van der Waals surface area contributed by atoms with Gasteiger partial charge in [-0.2, -0.15) is 18.3 Å². The van der Waals surface area contributed by atoms with Crippen LogP contribution in [-0.4, -0.2) is 58.6 Å². The largest absolute Gasteiger partial charge is 0.435 e. The minimum Gasteiger partial charge on any atom is -0.396 e. The van der Waals surface area contributed by atoms with Gasteiger partial charge in [0, 0.05) is 31.5 Å². The van der Waals surface area contributed by atoms with Crippen LogP contribution in [0.15, 0.2) is 6.20 Å². The van der Waals surface area contributed by atoms with Crippen LogP contribution in [0.3, 0.4) is 0 Å². The van der Waals surface area contributed by atoms with Gasteiger partial charge in [0.1, 0.15) is 6.54 Å². The lowest BCUT2D eigenvalue weighted by atomic mass is 10.2. The van der Waals surface area contributed by atoms with E-state index in [2.05, 4.69) is 5.10 Å². The van der Waals surface area contributed by atoms with Crippen molar-refractivity contribution in [2.45, 2.75) is 19.1 Å². The first-order valence-electron chi connectivity index (χ1n) is 6.51. The fraction of sp³-hybridized carbons (Fsp3) is 0.667. The van der Waals surface area contributed by atoms with Gasteiger partial charge in [-0.25, -0.2) is 0 Å². The number of halogens is 3. The van der Waals surface area contributed by atoms with Crippen molar-refractivity contribution >= 4 is 5.91 Å². The highest BCUT2D eigenvalue weighted by atomic mass is 19.4. The molecule has 0 aliphatic carbocycles. The quantitative estimate of drug-likeness (QED) is 0.868. The third kappa shape index (κ3) is 3.94. The van der Waals surface area contributed by atoms with E-state index in [0.29, 0.717) is 26.3 Å². The third-order valence-electron chi connectivity index (χ3n) is 3.15. The number of aliphatic hydroxyl groups is 1. The van der Waals surface area contributed by atoms with E-state index in [1.807, 2.05) is 0 Å². The Morgan fingerprint density at radius 3 is 2.62 bits per heavy atom. The second-order valence-corrected chi connectivity index (χ2v) is 4.67. The predicted octanol–water partition coefficient (Wildman–Crippen LogP) is 0.296. The molecule has 1 amide bonds. The second-order valence-electron chi connectivity index (χ2n) is 4.67. The first-order valence-corrected chi connectivity index (χ1v) is 6.51. The van der Waals surface area contributed by atoms with Gasteiger partial charge < -0.3 is 14.7 Å². The summed E-state index contributed by atoms with van der Waals surface area (Å²) < 4.78 is 44.5. The minimum atomic E-state index is -4.60. The molecular formula is C12H16F3N3O3. The molecule has 1 aliphatic heterocycles. The van der Waals surface area contributed by atoms with Gasteiger partial charge in [-0.3, -0.25) is 9.48 Å². The Bertz CT molecular complexity index is 496. The summed E-state index contributed by atoms with van der Waals surface area (Å²) in [4.78, 5) is 13.5. The lowest BCUT2D eigenvalue weighted by Crippen LogP contribution is -2.42. The summed E-state index contributed by atoms with van der Waals surface area (Å²) >= 11 is 0. The summed E-state index contributed by atoms with van der Waals surface area (Å²) in [6.45, 7) is 1.04. The first-order chi connectivity index (χ1) is 9.91. The Morgan fingerprint density at radius 1 is 1.38 bits per heavy atom. The van der Waals surface area contributed by atoms with Gasteiger partial charge in [0.15, 0.2) is 5.69 Å². The number of aliphatic hydroxyl groups excluding tert-OH is 1. The number of ether oxygens (including phenoxy) is 1. The van der Waals surface area contributed by atoms with Crippen LogP contribution in [0.1, 0.15) is 11.3 Å². The summed E-state index contributed by atoms with van der Waals surface area (Å²) in [5.41, 5.74) is -1.16. The van der Waals surface area contributed by atoms with E-state index < -0.39 is 18.5 Å². The fourth-order valence-corrected chi connectivity index (χ4v) is 2.14. The molecule has 2 heterocycles. The van der Waals surface area contributed by atoms with E-state index in [1.54, 1.807) is 0 Å². The van der Waals surface area contributed by atoms with E-state index in [1.165, 1.54) is 4.90 Å². The monoisotopic (exact) mass is 307 g/mol. The molecule has 1 aliphatic rings. The molecule has 0 radical (unpaired) electrons. The molecule has 21 heavy (non-hydrogen) atoms. The average molecular weight is 307 g/mol. The van der Waals surface area contributed by atoms with Crippen LogP contribution in [0.2, 0.25) is 0 Å². The maximum atomic E-state index is 12.8. The molecule has 9 heteroatoms. The molecule has 1 saturated heterocycles. The number of aromatic nitrogens is 2. The fourth-order valence-electron chi connectivity index (χ4n) is 2.14. The molecule has 0 bridgehead atoms. The molecule has 0 atom stereocenters. The Kier molecular flexibility index (Phi) is 4.84. The van der Waals surface area contributed by atoms with Crippen LogP contribution in [0.5, 0.6) is 0 Å². The summed E-state index contributed by atoms with van der Waals surface area (Å²) in [5.74, 6) is -0.301. The van der Waals surface area contributed by atoms with Gasteiger partial charge >= 0.3 is 6.18 Å². The number of amides is 1. The number of rotatable bonds is 4. The second kappa shape index (κ2) is 6.44. The smallest absolute Gasteiger partial charge is 0.396 e. The van der Waals surface area contributed by atoms with Crippen LogP contribution < -0.4 is 0 Å². The summed E-state index contributed by atoms with van der Waals surface area (Å²) in [6.07, 6.45) is -3.59. The average Bonchev–Trinajstić information content (AvgIpc) is 2.83. The molecule has 6 nitrogen and oxygen atoms in total. The van der Waals surface area contributed by atoms with Crippen molar-refractivity contribution < 1.29 is 27.8 Å². The van der Waals surface area contributed by atoms with Crippen molar-refractivity contribution in [1.82, 2.24) is 14.7 Å². The normalized spacial score (nSPS) is 16.3. The van der Waals surface area contributed by atoms with E-state index in [0.717, 1.165) is 10.9 Å². The van der Waals surface area contributed by atoms with Gasteiger partial charge in [0.25, 0.3) is 0 Å². The maximum absolute atomic E-state index is 12.8. The Hall–Kier alpha value is -1.61. The molecule has 1 aromatic heterocycles.